The molecule has 2 heterocycles. The number of rotatable bonds is 5. The number of aromatic nitrogens is 1. The zero-order valence-corrected chi connectivity index (χ0v) is 16.3. The lowest BCUT2D eigenvalue weighted by molar-refractivity contribution is 0.208. The molecule has 0 unspecified atom stereocenters. The quantitative estimate of drug-likeness (QED) is 0.657. The average Bonchev–Trinajstić information content (AvgIpc) is 2.89. The number of aryl methyl sites for hydroxylation is 2. The first-order chi connectivity index (χ1) is 12.8. The molecule has 1 aromatic carbocycles. The Bertz CT molecular complexity index is 701. The van der Waals surface area contributed by atoms with Gasteiger partial charge in [0.15, 0.2) is 0 Å². The maximum absolute atomic E-state index is 6.01. The molecule has 2 aromatic rings. The van der Waals surface area contributed by atoms with Crippen molar-refractivity contribution >= 4 is 11.6 Å². The Morgan fingerprint density at radius 3 is 2.62 bits per heavy atom. The van der Waals surface area contributed by atoms with Crippen LogP contribution < -0.4 is 0 Å². The summed E-state index contributed by atoms with van der Waals surface area (Å²) in [6.07, 6.45) is 10.9. The number of fused-ring (bicyclic) bond motifs is 1. The normalized spacial score (nSPS) is 19.3. The van der Waals surface area contributed by atoms with E-state index in [1.165, 1.54) is 81.4 Å². The molecule has 1 fully saturated rings. The van der Waals surface area contributed by atoms with Crippen LogP contribution in [-0.2, 0) is 19.3 Å². The highest BCUT2D eigenvalue weighted by molar-refractivity contribution is 6.30. The van der Waals surface area contributed by atoms with E-state index in [0.29, 0.717) is 5.92 Å². The van der Waals surface area contributed by atoms with Crippen LogP contribution in [-0.4, -0.2) is 29.7 Å². The van der Waals surface area contributed by atoms with Gasteiger partial charge in [0.1, 0.15) is 5.76 Å². The van der Waals surface area contributed by atoms with Gasteiger partial charge in [-0.25, -0.2) is 0 Å². The molecule has 0 saturated carbocycles. The number of nitrogens with zero attached hydrogens (tertiary/aromatic N) is 2. The molecule has 1 aromatic heterocycles. The summed E-state index contributed by atoms with van der Waals surface area (Å²) in [5, 5.41) is 5.16. The minimum atomic E-state index is 0.688. The fourth-order valence-electron chi connectivity index (χ4n) is 4.52. The van der Waals surface area contributed by atoms with Gasteiger partial charge < -0.3 is 9.42 Å². The van der Waals surface area contributed by atoms with Crippen molar-refractivity contribution in [1.82, 2.24) is 10.1 Å². The topological polar surface area (TPSA) is 29.3 Å². The third kappa shape index (κ3) is 4.32. The van der Waals surface area contributed by atoms with E-state index >= 15 is 0 Å². The minimum Gasteiger partial charge on any atom is -0.361 e. The van der Waals surface area contributed by atoms with Crippen molar-refractivity contribution in [3.05, 3.63) is 51.9 Å². The maximum atomic E-state index is 6.01. The predicted octanol–water partition coefficient (Wildman–Crippen LogP) is 5.41. The van der Waals surface area contributed by atoms with Gasteiger partial charge in [-0.2, -0.15) is 0 Å². The Kier molecular flexibility index (Phi) is 5.96. The highest BCUT2D eigenvalue weighted by Crippen LogP contribution is 2.29. The highest BCUT2D eigenvalue weighted by atomic mass is 35.5. The van der Waals surface area contributed by atoms with Crippen LogP contribution in [0.4, 0.5) is 0 Å². The Labute approximate surface area is 161 Å². The van der Waals surface area contributed by atoms with E-state index in [4.69, 9.17) is 16.1 Å². The summed E-state index contributed by atoms with van der Waals surface area (Å²) < 4.78 is 5.67. The van der Waals surface area contributed by atoms with E-state index in [2.05, 4.69) is 22.2 Å². The van der Waals surface area contributed by atoms with Gasteiger partial charge in [-0.15, -0.1) is 0 Å². The van der Waals surface area contributed by atoms with Crippen molar-refractivity contribution in [2.45, 2.75) is 63.7 Å². The number of hydrogen-bond donors (Lipinski definition) is 0. The molecule has 26 heavy (non-hydrogen) atoms. The van der Waals surface area contributed by atoms with E-state index in [1.807, 2.05) is 12.1 Å². The lowest BCUT2D eigenvalue weighted by atomic mass is 9.89. The first-order valence-electron chi connectivity index (χ1n) is 10.2. The van der Waals surface area contributed by atoms with Crippen molar-refractivity contribution in [1.29, 1.82) is 0 Å². The number of hydrogen-bond acceptors (Lipinski definition) is 3. The highest BCUT2D eigenvalue weighted by Gasteiger charge is 2.21. The molecule has 0 spiro atoms. The zero-order chi connectivity index (χ0) is 17.8. The molecular weight excluding hydrogens is 344 g/mol. The lowest BCUT2D eigenvalue weighted by Gasteiger charge is -2.32. The van der Waals surface area contributed by atoms with E-state index in [9.17, 15) is 0 Å². The Balaban J connectivity index is 1.23. The van der Waals surface area contributed by atoms with Gasteiger partial charge in [-0.3, -0.25) is 0 Å². The summed E-state index contributed by atoms with van der Waals surface area (Å²) in [5.41, 5.74) is 4.11. The summed E-state index contributed by atoms with van der Waals surface area (Å²) in [6, 6.07) is 8.42. The first-order valence-corrected chi connectivity index (χ1v) is 10.6. The van der Waals surface area contributed by atoms with Crippen LogP contribution in [0.25, 0.3) is 0 Å². The van der Waals surface area contributed by atoms with Crippen LogP contribution in [0.15, 0.2) is 28.8 Å². The Morgan fingerprint density at radius 2 is 1.81 bits per heavy atom. The molecular formula is C22H29ClN2O. The van der Waals surface area contributed by atoms with Crippen LogP contribution >= 0.6 is 11.6 Å². The largest absolute Gasteiger partial charge is 0.361 e. The summed E-state index contributed by atoms with van der Waals surface area (Å²) in [4.78, 5) is 2.61. The molecule has 0 amide bonds. The van der Waals surface area contributed by atoms with Gasteiger partial charge in [-0.1, -0.05) is 35.3 Å². The molecule has 1 aliphatic heterocycles. The van der Waals surface area contributed by atoms with Crippen molar-refractivity contribution < 1.29 is 4.52 Å². The lowest BCUT2D eigenvalue weighted by Crippen LogP contribution is -2.33. The summed E-state index contributed by atoms with van der Waals surface area (Å²) in [6.45, 7) is 3.56. The smallest absolute Gasteiger partial charge is 0.140 e. The third-order valence-electron chi connectivity index (χ3n) is 6.10. The molecule has 0 atom stereocenters. The standard InChI is InChI=1S/C22H29ClN2O/c23-19-10-8-17(9-11-19)18-12-15-25(16-13-18)14-4-7-22-20-5-2-1-3-6-21(20)24-26-22/h8-11,18H,1-7,12-16H2. The summed E-state index contributed by atoms with van der Waals surface area (Å²) in [7, 11) is 0. The fraction of sp³-hybridized carbons (Fsp3) is 0.591. The van der Waals surface area contributed by atoms with E-state index < -0.39 is 0 Å². The molecule has 3 nitrogen and oxygen atoms in total. The third-order valence-corrected chi connectivity index (χ3v) is 6.35. The van der Waals surface area contributed by atoms with Crippen molar-refractivity contribution in [2.24, 2.45) is 0 Å². The van der Waals surface area contributed by atoms with Gasteiger partial charge in [0.05, 0.1) is 5.69 Å². The molecule has 4 rings (SSSR count). The second-order valence-electron chi connectivity index (χ2n) is 7.86. The van der Waals surface area contributed by atoms with Gasteiger partial charge in [0.25, 0.3) is 0 Å². The molecule has 140 valence electrons. The monoisotopic (exact) mass is 372 g/mol. The van der Waals surface area contributed by atoms with E-state index in [-0.39, 0.29) is 0 Å². The van der Waals surface area contributed by atoms with Crippen molar-refractivity contribution in [2.75, 3.05) is 19.6 Å². The predicted molar refractivity (Wildman–Crippen MR) is 106 cm³/mol. The van der Waals surface area contributed by atoms with Crippen LogP contribution in [0.1, 0.15) is 67.0 Å². The summed E-state index contributed by atoms with van der Waals surface area (Å²) >= 11 is 6.01. The number of likely N-dealkylation sites (tertiary alicyclic amines) is 1. The van der Waals surface area contributed by atoms with Crippen LogP contribution in [0.2, 0.25) is 5.02 Å². The first kappa shape index (κ1) is 18.1. The maximum Gasteiger partial charge on any atom is 0.140 e. The molecule has 4 heteroatoms. The fourth-order valence-corrected chi connectivity index (χ4v) is 4.64. The Hall–Kier alpha value is -1.32. The van der Waals surface area contributed by atoms with Crippen molar-refractivity contribution in [3.63, 3.8) is 0 Å². The van der Waals surface area contributed by atoms with Gasteiger partial charge in [0, 0.05) is 17.0 Å². The molecule has 0 radical (unpaired) electrons. The van der Waals surface area contributed by atoms with E-state index in [1.54, 1.807) is 0 Å². The molecule has 0 bridgehead atoms. The van der Waals surface area contributed by atoms with Crippen LogP contribution in [0.5, 0.6) is 0 Å². The van der Waals surface area contributed by atoms with E-state index in [0.717, 1.165) is 23.6 Å². The molecule has 1 aliphatic carbocycles. The molecule has 2 aliphatic rings. The average molecular weight is 373 g/mol. The number of piperidine rings is 1. The second-order valence-corrected chi connectivity index (χ2v) is 8.30. The SMILES string of the molecule is Clc1ccc(C2CCN(CCCc3onc4c3CCCCC4)CC2)cc1. The zero-order valence-electron chi connectivity index (χ0n) is 15.6. The van der Waals surface area contributed by atoms with Crippen LogP contribution in [0, 0.1) is 0 Å². The number of benzene rings is 1. The number of halogens is 1. The van der Waals surface area contributed by atoms with Crippen molar-refractivity contribution in [3.8, 4) is 0 Å². The minimum absolute atomic E-state index is 0.688. The van der Waals surface area contributed by atoms with Gasteiger partial charge in [-0.05, 0) is 88.2 Å². The molecule has 0 N–H and O–H groups in total. The van der Waals surface area contributed by atoms with Gasteiger partial charge in [0.2, 0.25) is 0 Å². The second kappa shape index (κ2) is 8.58. The van der Waals surface area contributed by atoms with Crippen LogP contribution in [0.3, 0.4) is 0 Å². The molecule has 1 saturated heterocycles. The Morgan fingerprint density at radius 1 is 1.04 bits per heavy atom. The summed E-state index contributed by atoms with van der Waals surface area (Å²) in [5.74, 6) is 1.85. The van der Waals surface area contributed by atoms with Gasteiger partial charge >= 0.3 is 0 Å².